The fourth-order valence-electron chi connectivity index (χ4n) is 6.32. The zero-order chi connectivity index (χ0) is 35.6. The molecule has 3 aromatic rings. The van der Waals surface area contributed by atoms with Gasteiger partial charge in [-0.1, -0.05) is 0 Å². The number of phenolic OH excluding ortho intramolecular Hbond substituents is 2. The van der Waals surface area contributed by atoms with Gasteiger partial charge in [0, 0.05) is 17.7 Å². The van der Waals surface area contributed by atoms with Crippen LogP contribution in [0.1, 0.15) is 25.5 Å². The highest BCUT2D eigenvalue weighted by atomic mass is 16.8. The molecule has 15 atom stereocenters. The zero-order valence-electron chi connectivity index (χ0n) is 26.2. The topological polar surface area (TPSA) is 288 Å². The summed E-state index contributed by atoms with van der Waals surface area (Å²) in [6.07, 6.45) is -25.4. The van der Waals surface area contributed by atoms with Gasteiger partial charge in [0.25, 0.3) is 0 Å². The van der Waals surface area contributed by atoms with E-state index in [2.05, 4.69) is 0 Å². The Morgan fingerprint density at radius 3 is 1.80 bits per heavy atom. The van der Waals surface area contributed by atoms with Crippen molar-refractivity contribution in [2.45, 2.75) is 106 Å². The Morgan fingerprint density at radius 2 is 1.22 bits per heavy atom. The first-order valence-corrected chi connectivity index (χ1v) is 15.4. The molecular weight excluding hydrogens is 660 g/mol. The summed E-state index contributed by atoms with van der Waals surface area (Å²) in [6.45, 7) is 2.75. The van der Waals surface area contributed by atoms with Gasteiger partial charge in [-0.2, -0.15) is 0 Å². The Bertz CT molecular complexity index is 1730. The summed E-state index contributed by atoms with van der Waals surface area (Å²) >= 11 is 0. The van der Waals surface area contributed by atoms with Gasteiger partial charge in [-0.25, -0.2) is 0 Å². The van der Waals surface area contributed by atoms with Crippen LogP contribution >= 0.6 is 0 Å². The van der Waals surface area contributed by atoms with Crippen LogP contribution < -0.4 is 10.2 Å². The fraction of sp³-hybridized carbons (Fsp3) is 0.581. The van der Waals surface area contributed by atoms with Crippen LogP contribution in [0, 0.1) is 0 Å². The average molecular weight is 699 g/mol. The second-order valence-electron chi connectivity index (χ2n) is 12.3. The number of aromatic hydroxyl groups is 2. The van der Waals surface area contributed by atoms with Crippen LogP contribution in [-0.2, 0) is 23.7 Å². The number of fused-ring (bicyclic) bond motifs is 2. The fourth-order valence-corrected chi connectivity index (χ4v) is 6.32. The first-order valence-electron chi connectivity index (χ1n) is 15.4. The summed E-state index contributed by atoms with van der Waals surface area (Å²) in [5.74, 6) is -1.09. The second kappa shape index (κ2) is 13.5. The monoisotopic (exact) mass is 698 g/mol. The Morgan fingerprint density at radius 1 is 0.653 bits per heavy atom. The zero-order valence-corrected chi connectivity index (χ0v) is 26.2. The number of rotatable bonds is 6. The van der Waals surface area contributed by atoms with E-state index in [1.165, 1.54) is 45.2 Å². The third-order valence-corrected chi connectivity index (χ3v) is 9.18. The number of methoxy groups -OCH3 is 1. The van der Waals surface area contributed by atoms with Crippen LogP contribution in [0.25, 0.3) is 21.9 Å². The van der Waals surface area contributed by atoms with Gasteiger partial charge in [0.05, 0.1) is 19.3 Å². The molecule has 1 unspecified atom stereocenters. The Kier molecular flexibility index (Phi) is 9.80. The molecule has 0 aliphatic carbocycles. The summed E-state index contributed by atoms with van der Waals surface area (Å²) in [5.41, 5.74) is -1.32. The lowest BCUT2D eigenvalue weighted by Gasteiger charge is -2.48. The molecule has 18 heteroatoms. The predicted molar refractivity (Wildman–Crippen MR) is 160 cm³/mol. The van der Waals surface area contributed by atoms with Gasteiger partial charge in [-0.15, -0.1) is 0 Å². The van der Waals surface area contributed by atoms with Crippen LogP contribution in [0.15, 0.2) is 33.5 Å². The molecule has 1 aromatic heterocycles. The molecule has 2 aromatic carbocycles. The van der Waals surface area contributed by atoms with E-state index in [1.807, 2.05) is 0 Å². The molecule has 18 nitrogen and oxygen atoms in total. The Hall–Kier alpha value is -3.21. The van der Waals surface area contributed by atoms with E-state index < -0.39 is 114 Å². The van der Waals surface area contributed by atoms with E-state index in [4.69, 9.17) is 32.8 Å². The molecule has 0 saturated carbocycles. The standard InChI is InChI=1S/C31H38O18/c1-8-17(33)21(37)23(39)30(44-8)48-27-25(41)29(42)47-26(28(27)49-31-24(40)22(38)18(34)9(2)45-31)11-4-5-13-16(19(11)35)20(36)15-12(32)6-10(43-3)7-14(15)46-13/h4-9,17-18,21-35,37-42H,1-3H3/t8-,9-,17+,18-,21+,22+,23-,24+,25+,26?,27-,28+,29+,30-,31-/m0/s1. The van der Waals surface area contributed by atoms with E-state index in [0.717, 1.165) is 0 Å². The highest BCUT2D eigenvalue weighted by Crippen LogP contribution is 2.44. The summed E-state index contributed by atoms with van der Waals surface area (Å²) in [5, 5.41) is 106. The molecule has 0 amide bonds. The van der Waals surface area contributed by atoms with Crippen molar-refractivity contribution in [3.63, 3.8) is 0 Å². The van der Waals surface area contributed by atoms with Gasteiger partial charge >= 0.3 is 0 Å². The normalized spacial score (nSPS) is 40.1. The number of phenols is 2. The number of hydrogen-bond donors (Lipinski definition) is 10. The Labute approximate surface area is 276 Å². The molecule has 4 heterocycles. The lowest BCUT2D eigenvalue weighted by atomic mass is 9.91. The molecule has 270 valence electrons. The smallest absolute Gasteiger partial charge is 0.208 e. The van der Waals surface area contributed by atoms with Crippen molar-refractivity contribution in [3.05, 3.63) is 40.1 Å². The van der Waals surface area contributed by atoms with Crippen LogP contribution in [0.5, 0.6) is 17.2 Å². The lowest BCUT2D eigenvalue weighted by Crippen LogP contribution is -2.64. The van der Waals surface area contributed by atoms with Gasteiger partial charge in [-0.05, 0) is 26.0 Å². The summed E-state index contributed by atoms with van der Waals surface area (Å²) in [7, 11) is 1.34. The minimum absolute atomic E-state index is 0.0606. The number of ether oxygens (including phenoxy) is 6. The third-order valence-electron chi connectivity index (χ3n) is 9.18. The Balaban J connectivity index is 1.46. The SMILES string of the molecule is COc1cc(O)c2c(=O)c3c(O)c(C4O[C@@H](O)[C@H](O)[C@H](O[C@@H]5O[C@@H](C)[C@@H](O)[C@@H](O)[C@@H]5O)[C@@H]4O[C@@H]4O[C@@H](C)[C@H](O)[C@@H](O)[C@H]4O)ccc3oc2c1. The van der Waals surface area contributed by atoms with E-state index in [-0.39, 0.29) is 27.9 Å². The van der Waals surface area contributed by atoms with Crippen molar-refractivity contribution >= 4 is 21.9 Å². The van der Waals surface area contributed by atoms with E-state index >= 15 is 0 Å². The van der Waals surface area contributed by atoms with Crippen molar-refractivity contribution < 1.29 is 83.9 Å². The van der Waals surface area contributed by atoms with Crippen molar-refractivity contribution in [2.75, 3.05) is 7.11 Å². The van der Waals surface area contributed by atoms with Crippen LogP contribution in [-0.4, -0.2) is 144 Å². The van der Waals surface area contributed by atoms with Crippen LogP contribution in [0.2, 0.25) is 0 Å². The van der Waals surface area contributed by atoms with Gasteiger partial charge in [-0.3, -0.25) is 4.79 Å². The molecule has 0 spiro atoms. The molecule has 3 fully saturated rings. The highest BCUT2D eigenvalue weighted by molar-refractivity contribution is 5.96. The maximum atomic E-state index is 13.7. The number of aliphatic hydroxyl groups is 8. The minimum atomic E-state index is -2.09. The molecule has 0 radical (unpaired) electrons. The molecule has 49 heavy (non-hydrogen) atoms. The first-order chi connectivity index (χ1) is 23.1. The van der Waals surface area contributed by atoms with Gasteiger partial charge in [0.1, 0.15) is 100 Å². The molecule has 6 rings (SSSR count). The van der Waals surface area contributed by atoms with E-state index in [9.17, 15) is 55.9 Å². The molecular formula is C31H38O18. The van der Waals surface area contributed by atoms with Crippen LogP contribution in [0.4, 0.5) is 0 Å². The van der Waals surface area contributed by atoms with Gasteiger partial charge in [0.15, 0.2) is 18.9 Å². The summed E-state index contributed by atoms with van der Waals surface area (Å²) in [6, 6.07) is 5.04. The van der Waals surface area contributed by atoms with E-state index in [1.54, 1.807) is 0 Å². The maximum absolute atomic E-state index is 13.7. The molecule has 3 saturated heterocycles. The number of aliphatic hydroxyl groups excluding tert-OH is 8. The first kappa shape index (κ1) is 35.6. The largest absolute Gasteiger partial charge is 0.507 e. The quantitative estimate of drug-likeness (QED) is 0.119. The van der Waals surface area contributed by atoms with Crippen LogP contribution in [0.3, 0.4) is 0 Å². The van der Waals surface area contributed by atoms with Crippen molar-refractivity contribution in [2.24, 2.45) is 0 Å². The maximum Gasteiger partial charge on any atom is 0.208 e. The number of benzene rings is 2. The van der Waals surface area contributed by atoms with E-state index in [0.29, 0.717) is 0 Å². The average Bonchev–Trinajstić information content (AvgIpc) is 3.06. The molecule has 3 aliphatic heterocycles. The summed E-state index contributed by atoms with van der Waals surface area (Å²) in [4.78, 5) is 13.7. The van der Waals surface area contributed by atoms with Gasteiger partial charge in [0.2, 0.25) is 5.43 Å². The number of hydrogen-bond acceptors (Lipinski definition) is 18. The van der Waals surface area contributed by atoms with Crippen molar-refractivity contribution in [3.8, 4) is 17.2 Å². The minimum Gasteiger partial charge on any atom is -0.507 e. The van der Waals surface area contributed by atoms with Crippen molar-refractivity contribution in [1.82, 2.24) is 0 Å². The van der Waals surface area contributed by atoms with Crippen molar-refractivity contribution in [1.29, 1.82) is 0 Å². The summed E-state index contributed by atoms with van der Waals surface area (Å²) < 4.78 is 39.6. The second-order valence-corrected chi connectivity index (χ2v) is 12.3. The molecule has 3 aliphatic rings. The van der Waals surface area contributed by atoms with Gasteiger partial charge < -0.3 is 83.9 Å². The molecule has 0 bridgehead atoms. The highest BCUT2D eigenvalue weighted by Gasteiger charge is 2.54. The lowest BCUT2D eigenvalue weighted by molar-refractivity contribution is -0.381. The predicted octanol–water partition coefficient (Wildman–Crippen LogP) is -2.46. The third kappa shape index (κ3) is 6.12. The molecule has 10 N–H and O–H groups in total.